The van der Waals surface area contributed by atoms with E-state index in [0.29, 0.717) is 24.1 Å². The van der Waals surface area contributed by atoms with E-state index < -0.39 is 0 Å². The lowest BCUT2D eigenvalue weighted by Crippen LogP contribution is -2.23. The zero-order valence-electron chi connectivity index (χ0n) is 14.5. The highest BCUT2D eigenvalue weighted by atomic mass is 16.5. The Labute approximate surface area is 146 Å². The van der Waals surface area contributed by atoms with Gasteiger partial charge in [0.2, 0.25) is 0 Å². The van der Waals surface area contributed by atoms with Crippen LogP contribution in [0, 0.1) is 6.92 Å². The lowest BCUT2D eigenvalue weighted by atomic mass is 10.2. The van der Waals surface area contributed by atoms with Crippen LogP contribution in [0.1, 0.15) is 5.69 Å². The van der Waals surface area contributed by atoms with Gasteiger partial charge in [-0.1, -0.05) is 0 Å². The Morgan fingerprint density at radius 3 is 2.64 bits per heavy atom. The number of anilines is 3. The number of likely N-dealkylation sites (N-methyl/N-ethyl adjacent to an activating group) is 1. The molecule has 0 radical (unpaired) electrons. The molecule has 0 amide bonds. The molecule has 0 aliphatic rings. The lowest BCUT2D eigenvalue weighted by Gasteiger charge is -2.19. The van der Waals surface area contributed by atoms with Crippen LogP contribution in [0.3, 0.4) is 0 Å². The van der Waals surface area contributed by atoms with Crippen LogP contribution in [0.2, 0.25) is 0 Å². The molecule has 2 N–H and O–H groups in total. The summed E-state index contributed by atoms with van der Waals surface area (Å²) in [6.07, 6.45) is 3.45. The zero-order chi connectivity index (χ0) is 17.6. The average molecular weight is 339 g/mol. The Morgan fingerprint density at radius 2 is 1.96 bits per heavy atom. The molecule has 130 valence electrons. The predicted octanol–water partition coefficient (Wildman–Crippen LogP) is 2.40. The highest BCUT2D eigenvalue weighted by molar-refractivity contribution is 5.64. The van der Waals surface area contributed by atoms with Crippen molar-refractivity contribution in [2.24, 2.45) is 0 Å². The summed E-state index contributed by atoms with van der Waals surface area (Å²) < 4.78 is 5.15. The third-order valence-electron chi connectivity index (χ3n) is 3.64. The number of nitrogens with zero attached hydrogens (tertiary/aromatic N) is 5. The number of aromatic amines is 1. The normalized spacial score (nSPS) is 10.7. The molecule has 8 nitrogen and oxygen atoms in total. The Kier molecular flexibility index (Phi) is 5.20. The molecule has 0 spiro atoms. The summed E-state index contributed by atoms with van der Waals surface area (Å²) in [5, 5.41) is 10.3. The topological polar surface area (TPSA) is 91.8 Å². The van der Waals surface area contributed by atoms with E-state index in [-0.39, 0.29) is 0 Å². The second-order valence-electron chi connectivity index (χ2n) is 5.65. The van der Waals surface area contributed by atoms with Crippen molar-refractivity contribution < 1.29 is 4.74 Å². The number of aryl methyl sites for hydroxylation is 1. The van der Waals surface area contributed by atoms with E-state index in [2.05, 4.69) is 30.5 Å². The smallest absolute Gasteiger partial charge is 0.163 e. The molecule has 25 heavy (non-hydrogen) atoms. The average Bonchev–Trinajstić information content (AvgIpc) is 3.04. The lowest BCUT2D eigenvalue weighted by molar-refractivity contribution is 0.206. The molecule has 3 heterocycles. The van der Waals surface area contributed by atoms with Gasteiger partial charge < -0.3 is 15.0 Å². The van der Waals surface area contributed by atoms with Crippen LogP contribution in [0.15, 0.2) is 36.7 Å². The summed E-state index contributed by atoms with van der Waals surface area (Å²) >= 11 is 0. The molecule has 3 rings (SSSR count). The molecule has 3 aromatic heterocycles. The minimum Gasteiger partial charge on any atom is -0.383 e. The minimum atomic E-state index is 0.617. The second kappa shape index (κ2) is 7.71. The molecule has 0 aromatic carbocycles. The number of nitrogens with one attached hydrogen (secondary N) is 2. The first-order valence-electron chi connectivity index (χ1n) is 7.94. The van der Waals surface area contributed by atoms with Gasteiger partial charge in [-0.3, -0.25) is 10.1 Å². The number of pyridine rings is 1. The number of rotatable bonds is 7. The molecule has 0 atom stereocenters. The van der Waals surface area contributed by atoms with Gasteiger partial charge in [0.1, 0.15) is 11.6 Å². The van der Waals surface area contributed by atoms with Crippen molar-refractivity contribution in [1.29, 1.82) is 0 Å². The molecule has 3 aromatic rings. The van der Waals surface area contributed by atoms with Crippen LogP contribution < -0.4 is 10.2 Å². The standard InChI is InChI=1S/C17H21N7O/c1-12-10-15(23-22-12)19-14-11-16(24(2)8-9-25-3)21-17(20-14)13-4-6-18-7-5-13/h4-7,10-11H,8-9H2,1-3H3,(H2,19,20,21,22,23). The Morgan fingerprint density at radius 1 is 1.16 bits per heavy atom. The molecule has 0 fully saturated rings. The van der Waals surface area contributed by atoms with E-state index in [1.807, 2.05) is 43.1 Å². The SMILES string of the molecule is COCCN(C)c1cc(Nc2cc(C)[nH]n2)nc(-c2ccncc2)n1. The molecule has 0 saturated heterocycles. The number of aromatic nitrogens is 5. The third kappa shape index (κ3) is 4.30. The summed E-state index contributed by atoms with van der Waals surface area (Å²) in [6.45, 7) is 3.29. The van der Waals surface area contributed by atoms with Crippen molar-refractivity contribution in [3.05, 3.63) is 42.4 Å². The zero-order valence-corrected chi connectivity index (χ0v) is 14.5. The van der Waals surface area contributed by atoms with Crippen LogP contribution in [-0.4, -0.2) is 52.5 Å². The fraction of sp³-hybridized carbons (Fsp3) is 0.294. The van der Waals surface area contributed by atoms with Gasteiger partial charge in [0, 0.05) is 56.5 Å². The summed E-state index contributed by atoms with van der Waals surface area (Å²) in [6, 6.07) is 7.58. The molecular formula is C17H21N7O. The van der Waals surface area contributed by atoms with Gasteiger partial charge in [-0.2, -0.15) is 5.10 Å². The van der Waals surface area contributed by atoms with Crippen molar-refractivity contribution >= 4 is 17.5 Å². The molecule has 0 unspecified atom stereocenters. The van der Waals surface area contributed by atoms with Gasteiger partial charge in [0.05, 0.1) is 6.61 Å². The van der Waals surface area contributed by atoms with Crippen LogP contribution in [0.5, 0.6) is 0 Å². The maximum atomic E-state index is 5.15. The van der Waals surface area contributed by atoms with E-state index in [1.165, 1.54) is 0 Å². The molecular weight excluding hydrogens is 318 g/mol. The van der Waals surface area contributed by atoms with Crippen molar-refractivity contribution in [2.45, 2.75) is 6.92 Å². The number of methoxy groups -OCH3 is 1. The van der Waals surface area contributed by atoms with Gasteiger partial charge in [0.25, 0.3) is 0 Å². The van der Waals surface area contributed by atoms with Crippen LogP contribution in [0.25, 0.3) is 11.4 Å². The molecule has 0 bridgehead atoms. The quantitative estimate of drug-likeness (QED) is 0.683. The van der Waals surface area contributed by atoms with Crippen molar-refractivity contribution in [3.8, 4) is 11.4 Å². The third-order valence-corrected chi connectivity index (χ3v) is 3.64. The van der Waals surface area contributed by atoms with Crippen LogP contribution in [0.4, 0.5) is 17.5 Å². The first-order chi connectivity index (χ1) is 12.2. The van der Waals surface area contributed by atoms with Crippen LogP contribution in [-0.2, 0) is 4.74 Å². The molecule has 0 aliphatic carbocycles. The Balaban J connectivity index is 1.95. The summed E-state index contributed by atoms with van der Waals surface area (Å²) in [5.74, 6) is 2.81. The predicted molar refractivity (Wildman–Crippen MR) is 97.0 cm³/mol. The molecule has 0 saturated carbocycles. The fourth-order valence-corrected chi connectivity index (χ4v) is 2.28. The van der Waals surface area contributed by atoms with Gasteiger partial charge in [0.15, 0.2) is 11.6 Å². The number of H-pyrrole nitrogens is 1. The van der Waals surface area contributed by atoms with E-state index >= 15 is 0 Å². The van der Waals surface area contributed by atoms with E-state index in [1.54, 1.807) is 19.5 Å². The minimum absolute atomic E-state index is 0.617. The van der Waals surface area contributed by atoms with Crippen molar-refractivity contribution in [2.75, 3.05) is 37.5 Å². The van der Waals surface area contributed by atoms with E-state index in [4.69, 9.17) is 4.74 Å². The Hall–Kier alpha value is -3.00. The molecule has 8 heteroatoms. The fourth-order valence-electron chi connectivity index (χ4n) is 2.28. The number of hydrogen-bond acceptors (Lipinski definition) is 7. The Bertz CT molecular complexity index is 819. The highest BCUT2D eigenvalue weighted by Crippen LogP contribution is 2.23. The first kappa shape index (κ1) is 16.8. The summed E-state index contributed by atoms with van der Waals surface area (Å²) in [4.78, 5) is 15.3. The summed E-state index contributed by atoms with van der Waals surface area (Å²) in [5.41, 5.74) is 1.88. The van der Waals surface area contributed by atoms with Gasteiger partial charge in [-0.25, -0.2) is 9.97 Å². The monoisotopic (exact) mass is 339 g/mol. The maximum absolute atomic E-state index is 5.15. The maximum Gasteiger partial charge on any atom is 0.163 e. The van der Waals surface area contributed by atoms with E-state index in [9.17, 15) is 0 Å². The van der Waals surface area contributed by atoms with Crippen molar-refractivity contribution in [1.82, 2.24) is 25.1 Å². The summed E-state index contributed by atoms with van der Waals surface area (Å²) in [7, 11) is 3.66. The number of ether oxygens (including phenoxy) is 1. The van der Waals surface area contributed by atoms with Crippen molar-refractivity contribution in [3.63, 3.8) is 0 Å². The highest BCUT2D eigenvalue weighted by Gasteiger charge is 2.11. The van der Waals surface area contributed by atoms with Gasteiger partial charge in [-0.05, 0) is 19.1 Å². The van der Waals surface area contributed by atoms with E-state index in [0.717, 1.165) is 23.6 Å². The molecule has 0 aliphatic heterocycles. The largest absolute Gasteiger partial charge is 0.383 e. The van der Waals surface area contributed by atoms with Gasteiger partial charge >= 0.3 is 0 Å². The number of hydrogen-bond donors (Lipinski definition) is 2. The first-order valence-corrected chi connectivity index (χ1v) is 7.94. The van der Waals surface area contributed by atoms with Crippen LogP contribution >= 0.6 is 0 Å². The van der Waals surface area contributed by atoms with Gasteiger partial charge in [-0.15, -0.1) is 0 Å². The second-order valence-corrected chi connectivity index (χ2v) is 5.65.